The molecule has 0 saturated carbocycles. The third-order valence-electron chi connectivity index (χ3n) is 2.09. The Morgan fingerprint density at radius 1 is 1.50 bits per heavy atom. The summed E-state index contributed by atoms with van der Waals surface area (Å²) in [7, 11) is 0. The molecule has 0 aliphatic rings. The topological polar surface area (TPSA) is 25.2 Å². The summed E-state index contributed by atoms with van der Waals surface area (Å²) in [6.45, 7) is 7.33. The van der Waals surface area contributed by atoms with Gasteiger partial charge in [0.25, 0.3) is 0 Å². The highest BCUT2D eigenvalue weighted by atomic mass is 32.2. The highest BCUT2D eigenvalue weighted by Gasteiger charge is 2.07. The molecule has 0 saturated heterocycles. The maximum absolute atomic E-state index is 5.53. The zero-order valence-corrected chi connectivity index (χ0v) is 9.99. The summed E-state index contributed by atoms with van der Waals surface area (Å²) in [5.41, 5.74) is 0. The molecule has 0 fully saturated rings. The van der Waals surface area contributed by atoms with Gasteiger partial charge in [0.15, 0.2) is 0 Å². The second-order valence-corrected chi connectivity index (χ2v) is 4.71. The lowest BCUT2D eigenvalue weighted by atomic mass is 10.2. The van der Waals surface area contributed by atoms with Crippen LogP contribution in [0.1, 0.15) is 31.4 Å². The van der Waals surface area contributed by atoms with Gasteiger partial charge in [-0.2, -0.15) is 11.8 Å². The Labute approximate surface area is 90.5 Å². The van der Waals surface area contributed by atoms with Gasteiger partial charge < -0.3 is 9.73 Å². The molecule has 0 spiro atoms. The Kier molecular flexibility index (Phi) is 5.12. The quantitative estimate of drug-likeness (QED) is 0.735. The minimum Gasteiger partial charge on any atom is -0.465 e. The maximum atomic E-state index is 5.53. The monoisotopic (exact) mass is 213 g/mol. The van der Waals surface area contributed by atoms with Gasteiger partial charge in [0, 0.05) is 12.3 Å². The first kappa shape index (κ1) is 11.7. The fourth-order valence-corrected chi connectivity index (χ4v) is 1.83. The van der Waals surface area contributed by atoms with Crippen molar-refractivity contribution in [1.29, 1.82) is 0 Å². The fraction of sp³-hybridized carbons (Fsp3) is 0.636. The number of furan rings is 1. The number of aryl methyl sites for hydroxylation is 1. The van der Waals surface area contributed by atoms with Gasteiger partial charge in [-0.15, -0.1) is 0 Å². The largest absolute Gasteiger partial charge is 0.465 e. The molecule has 1 N–H and O–H groups in total. The predicted molar refractivity (Wildman–Crippen MR) is 62.9 cm³/mol. The summed E-state index contributed by atoms with van der Waals surface area (Å²) >= 11 is 1.96. The van der Waals surface area contributed by atoms with Crippen molar-refractivity contribution in [3.05, 3.63) is 23.7 Å². The molecule has 2 nitrogen and oxygen atoms in total. The molecular weight excluding hydrogens is 194 g/mol. The normalized spacial score (nSPS) is 13.1. The van der Waals surface area contributed by atoms with E-state index in [4.69, 9.17) is 4.42 Å². The van der Waals surface area contributed by atoms with Crippen molar-refractivity contribution in [2.45, 2.75) is 26.8 Å². The second kappa shape index (κ2) is 6.14. The van der Waals surface area contributed by atoms with Gasteiger partial charge in [-0.25, -0.2) is 0 Å². The second-order valence-electron chi connectivity index (χ2n) is 3.32. The van der Waals surface area contributed by atoms with Crippen molar-refractivity contribution < 1.29 is 4.42 Å². The third-order valence-corrected chi connectivity index (χ3v) is 2.99. The van der Waals surface area contributed by atoms with Crippen molar-refractivity contribution in [2.75, 3.05) is 18.1 Å². The smallest absolute Gasteiger partial charge is 0.120 e. The van der Waals surface area contributed by atoms with E-state index in [1.807, 2.05) is 30.8 Å². The highest BCUT2D eigenvalue weighted by Crippen LogP contribution is 2.15. The van der Waals surface area contributed by atoms with Gasteiger partial charge >= 0.3 is 0 Å². The lowest BCUT2D eigenvalue weighted by molar-refractivity contribution is 0.422. The highest BCUT2D eigenvalue weighted by molar-refractivity contribution is 7.99. The standard InChI is InChI=1S/C11H19NOS/c1-4-14-8-7-12-10(3)11-6-5-9(2)13-11/h5-6,10,12H,4,7-8H2,1-3H3. The van der Waals surface area contributed by atoms with Crippen LogP contribution in [-0.4, -0.2) is 18.1 Å². The molecule has 3 heteroatoms. The van der Waals surface area contributed by atoms with Crippen LogP contribution < -0.4 is 5.32 Å². The van der Waals surface area contributed by atoms with E-state index in [1.165, 1.54) is 11.5 Å². The Morgan fingerprint density at radius 2 is 2.29 bits per heavy atom. The van der Waals surface area contributed by atoms with Gasteiger partial charge in [0.1, 0.15) is 11.5 Å². The number of thioether (sulfide) groups is 1. The molecule has 0 aromatic carbocycles. The minimum atomic E-state index is 0.321. The van der Waals surface area contributed by atoms with Crippen LogP contribution in [-0.2, 0) is 0 Å². The maximum Gasteiger partial charge on any atom is 0.120 e. The predicted octanol–water partition coefficient (Wildman–Crippen LogP) is 2.99. The average molecular weight is 213 g/mol. The lowest BCUT2D eigenvalue weighted by Crippen LogP contribution is -2.20. The summed E-state index contributed by atoms with van der Waals surface area (Å²) in [4.78, 5) is 0. The molecule has 0 radical (unpaired) electrons. The van der Waals surface area contributed by atoms with Crippen LogP contribution in [0.3, 0.4) is 0 Å². The van der Waals surface area contributed by atoms with E-state index >= 15 is 0 Å². The van der Waals surface area contributed by atoms with Gasteiger partial charge in [-0.1, -0.05) is 6.92 Å². The van der Waals surface area contributed by atoms with Crippen LogP contribution >= 0.6 is 11.8 Å². The van der Waals surface area contributed by atoms with Gasteiger partial charge in [-0.05, 0) is 31.7 Å². The molecule has 0 bridgehead atoms. The Morgan fingerprint density at radius 3 is 2.86 bits per heavy atom. The van der Waals surface area contributed by atoms with Crippen LogP contribution in [0.2, 0.25) is 0 Å². The van der Waals surface area contributed by atoms with Crippen molar-refractivity contribution in [3.63, 3.8) is 0 Å². The van der Waals surface area contributed by atoms with Gasteiger partial charge in [-0.3, -0.25) is 0 Å². The third kappa shape index (κ3) is 3.76. The molecule has 1 heterocycles. The average Bonchev–Trinajstić information content (AvgIpc) is 2.59. The molecule has 80 valence electrons. The van der Waals surface area contributed by atoms with Crippen LogP contribution in [0, 0.1) is 6.92 Å². The molecule has 0 amide bonds. The molecule has 0 aliphatic heterocycles. The Bertz CT molecular complexity index is 260. The molecule has 1 aromatic heterocycles. The number of rotatable bonds is 6. The summed E-state index contributed by atoms with van der Waals surface area (Å²) < 4.78 is 5.53. The number of hydrogen-bond donors (Lipinski definition) is 1. The first-order valence-corrected chi connectivity index (χ1v) is 6.27. The van der Waals surface area contributed by atoms with Gasteiger partial charge in [0.2, 0.25) is 0 Å². The van der Waals surface area contributed by atoms with Crippen molar-refractivity contribution in [2.24, 2.45) is 0 Å². The zero-order valence-electron chi connectivity index (χ0n) is 9.17. The molecule has 0 aliphatic carbocycles. The summed E-state index contributed by atoms with van der Waals surface area (Å²) in [6, 6.07) is 4.37. The van der Waals surface area contributed by atoms with E-state index in [0.717, 1.165) is 18.1 Å². The molecular formula is C11H19NOS. The van der Waals surface area contributed by atoms with E-state index in [-0.39, 0.29) is 0 Å². The molecule has 1 aromatic rings. The lowest BCUT2D eigenvalue weighted by Gasteiger charge is -2.10. The fourth-order valence-electron chi connectivity index (χ4n) is 1.28. The van der Waals surface area contributed by atoms with Crippen LogP contribution in [0.5, 0.6) is 0 Å². The Hall–Kier alpha value is -0.410. The Balaban J connectivity index is 2.25. The minimum absolute atomic E-state index is 0.321. The molecule has 1 unspecified atom stereocenters. The van der Waals surface area contributed by atoms with Crippen LogP contribution in [0.25, 0.3) is 0 Å². The van der Waals surface area contributed by atoms with E-state index in [9.17, 15) is 0 Å². The SMILES string of the molecule is CCSCCNC(C)c1ccc(C)o1. The van der Waals surface area contributed by atoms with Gasteiger partial charge in [0.05, 0.1) is 6.04 Å². The zero-order chi connectivity index (χ0) is 10.4. The molecule has 14 heavy (non-hydrogen) atoms. The molecule has 1 rings (SSSR count). The van der Waals surface area contributed by atoms with Crippen molar-refractivity contribution in [1.82, 2.24) is 5.32 Å². The summed E-state index contributed by atoms with van der Waals surface area (Å²) in [5, 5.41) is 3.43. The van der Waals surface area contributed by atoms with Crippen LogP contribution in [0.4, 0.5) is 0 Å². The van der Waals surface area contributed by atoms with Crippen LogP contribution in [0.15, 0.2) is 16.5 Å². The van der Waals surface area contributed by atoms with E-state index < -0.39 is 0 Å². The summed E-state index contributed by atoms with van der Waals surface area (Å²) in [5.74, 6) is 4.37. The number of hydrogen-bond acceptors (Lipinski definition) is 3. The first-order chi connectivity index (χ1) is 6.74. The van der Waals surface area contributed by atoms with E-state index in [2.05, 4.69) is 19.2 Å². The van der Waals surface area contributed by atoms with E-state index in [0.29, 0.717) is 6.04 Å². The van der Waals surface area contributed by atoms with Crippen molar-refractivity contribution in [3.8, 4) is 0 Å². The number of nitrogens with one attached hydrogen (secondary N) is 1. The molecule has 1 atom stereocenters. The first-order valence-electron chi connectivity index (χ1n) is 5.11. The van der Waals surface area contributed by atoms with E-state index in [1.54, 1.807) is 0 Å². The summed E-state index contributed by atoms with van der Waals surface area (Å²) in [6.07, 6.45) is 0. The van der Waals surface area contributed by atoms with Crippen molar-refractivity contribution >= 4 is 11.8 Å².